The minimum Gasteiger partial charge on any atom is -0.256 e. The van der Waals surface area contributed by atoms with Crippen LogP contribution in [0.2, 0.25) is 0 Å². The summed E-state index contributed by atoms with van der Waals surface area (Å²) < 4.78 is 0. The number of aryl methyl sites for hydroxylation is 1. The van der Waals surface area contributed by atoms with Crippen LogP contribution in [-0.2, 0) is 0 Å². The van der Waals surface area contributed by atoms with Gasteiger partial charge in [0, 0.05) is 17.1 Å². The predicted octanol–water partition coefficient (Wildman–Crippen LogP) is 7.67. The molecule has 0 spiro atoms. The van der Waals surface area contributed by atoms with Crippen LogP contribution in [0.5, 0.6) is 0 Å². The summed E-state index contributed by atoms with van der Waals surface area (Å²) in [4.78, 5) is 4.79. The summed E-state index contributed by atoms with van der Waals surface area (Å²) in [7, 11) is 0. The maximum absolute atomic E-state index is 4.79. The van der Waals surface area contributed by atoms with E-state index in [9.17, 15) is 0 Å². The van der Waals surface area contributed by atoms with Gasteiger partial charge < -0.3 is 0 Å². The zero-order valence-electron chi connectivity index (χ0n) is 16.2. The maximum atomic E-state index is 4.79. The molecule has 0 fully saturated rings. The molecule has 0 saturated carbocycles. The molecule has 1 heterocycles. The Balaban J connectivity index is 1.68. The van der Waals surface area contributed by atoms with Gasteiger partial charge in [0.05, 0.1) is 5.69 Å². The van der Waals surface area contributed by atoms with E-state index in [0.717, 1.165) is 5.69 Å². The van der Waals surface area contributed by atoms with Crippen LogP contribution in [0.4, 0.5) is 0 Å². The molecule has 1 nitrogen and oxygen atoms in total. The Kier molecular flexibility index (Phi) is 3.45. The average Bonchev–Trinajstić information content (AvgIpc) is 2.78. The Hall–Kier alpha value is -3.71. The Morgan fingerprint density at radius 3 is 2.07 bits per heavy atom. The van der Waals surface area contributed by atoms with Crippen LogP contribution in [0.25, 0.3) is 54.3 Å². The number of nitrogens with zero attached hydrogens (tertiary/aromatic N) is 1. The molecule has 0 saturated heterocycles. The van der Waals surface area contributed by atoms with Crippen molar-refractivity contribution in [3.63, 3.8) is 0 Å². The largest absolute Gasteiger partial charge is 0.256 e. The quantitative estimate of drug-likeness (QED) is 0.271. The molecule has 0 N–H and O–H groups in total. The number of hydrogen-bond acceptors (Lipinski definition) is 1. The predicted molar refractivity (Wildman–Crippen MR) is 124 cm³/mol. The van der Waals surface area contributed by atoms with Crippen LogP contribution in [-0.4, -0.2) is 4.98 Å². The minimum atomic E-state index is 1.05. The average molecular weight is 369 g/mol. The molecule has 1 heteroatoms. The standard InChI is InChI=1S/C28H19N/c1-18-16-21(17-20-7-3-4-8-22(18)20)28-27-13-12-24-23-9-5-2-6-19(23)10-11-25(24)26(27)14-15-29-28/h2-17H,1H3. The number of rotatable bonds is 1. The van der Waals surface area contributed by atoms with Crippen molar-refractivity contribution in [2.45, 2.75) is 6.92 Å². The van der Waals surface area contributed by atoms with E-state index in [1.54, 1.807) is 0 Å². The fourth-order valence-corrected chi connectivity index (χ4v) is 4.62. The van der Waals surface area contributed by atoms with E-state index >= 15 is 0 Å². The van der Waals surface area contributed by atoms with Gasteiger partial charge in [-0.3, -0.25) is 4.98 Å². The van der Waals surface area contributed by atoms with Gasteiger partial charge in [0.1, 0.15) is 0 Å². The number of pyridine rings is 1. The van der Waals surface area contributed by atoms with Crippen molar-refractivity contribution < 1.29 is 0 Å². The molecule has 1 aromatic heterocycles. The van der Waals surface area contributed by atoms with Gasteiger partial charge in [0.2, 0.25) is 0 Å². The molecule has 6 aromatic rings. The SMILES string of the molecule is Cc1cc(-c2nccc3c2ccc2c4ccccc4ccc32)cc2ccccc12. The third kappa shape index (κ3) is 2.44. The van der Waals surface area contributed by atoms with Crippen molar-refractivity contribution in [1.82, 2.24) is 4.98 Å². The molecule has 0 atom stereocenters. The minimum absolute atomic E-state index is 1.05. The van der Waals surface area contributed by atoms with E-state index in [-0.39, 0.29) is 0 Å². The second-order valence-electron chi connectivity index (χ2n) is 7.72. The van der Waals surface area contributed by atoms with Gasteiger partial charge >= 0.3 is 0 Å². The second kappa shape index (κ2) is 6.15. The highest BCUT2D eigenvalue weighted by atomic mass is 14.7. The van der Waals surface area contributed by atoms with E-state index in [4.69, 9.17) is 4.98 Å². The Morgan fingerprint density at radius 2 is 1.17 bits per heavy atom. The summed E-state index contributed by atoms with van der Waals surface area (Å²) in [5.41, 5.74) is 3.50. The monoisotopic (exact) mass is 369 g/mol. The summed E-state index contributed by atoms with van der Waals surface area (Å²) in [6.07, 6.45) is 1.94. The first kappa shape index (κ1) is 16.3. The third-order valence-corrected chi connectivity index (χ3v) is 6.01. The van der Waals surface area contributed by atoms with Crippen molar-refractivity contribution >= 4 is 43.1 Å². The molecule has 0 radical (unpaired) electrons. The fourth-order valence-electron chi connectivity index (χ4n) is 4.62. The van der Waals surface area contributed by atoms with Crippen molar-refractivity contribution in [3.8, 4) is 11.3 Å². The highest BCUT2D eigenvalue weighted by molar-refractivity contribution is 6.19. The van der Waals surface area contributed by atoms with E-state index in [2.05, 4.69) is 97.9 Å². The highest BCUT2D eigenvalue weighted by Crippen LogP contribution is 2.36. The number of aromatic nitrogens is 1. The molecule has 0 aliphatic carbocycles. The molecule has 5 aromatic carbocycles. The smallest absolute Gasteiger partial charge is 0.0780 e. The molecule has 0 bridgehead atoms. The summed E-state index contributed by atoms with van der Waals surface area (Å²) in [5, 5.41) is 10.2. The Labute approximate surface area is 169 Å². The van der Waals surface area contributed by atoms with Crippen molar-refractivity contribution in [1.29, 1.82) is 0 Å². The van der Waals surface area contributed by atoms with Crippen LogP contribution in [0.3, 0.4) is 0 Å². The van der Waals surface area contributed by atoms with Gasteiger partial charge in [-0.05, 0) is 68.4 Å². The van der Waals surface area contributed by atoms with Gasteiger partial charge in [-0.25, -0.2) is 0 Å². The van der Waals surface area contributed by atoms with Gasteiger partial charge in [0.25, 0.3) is 0 Å². The molecule has 29 heavy (non-hydrogen) atoms. The normalized spacial score (nSPS) is 11.6. The first-order valence-corrected chi connectivity index (χ1v) is 9.98. The van der Waals surface area contributed by atoms with Crippen molar-refractivity contribution in [2.75, 3.05) is 0 Å². The topological polar surface area (TPSA) is 12.9 Å². The third-order valence-electron chi connectivity index (χ3n) is 6.01. The molecular weight excluding hydrogens is 350 g/mol. The molecule has 0 unspecified atom stereocenters. The molecule has 136 valence electrons. The van der Waals surface area contributed by atoms with Gasteiger partial charge in [-0.2, -0.15) is 0 Å². The molecular formula is C28H19N. The lowest BCUT2D eigenvalue weighted by atomic mass is 9.94. The van der Waals surface area contributed by atoms with Crippen LogP contribution < -0.4 is 0 Å². The molecule has 0 aliphatic rings. The molecule has 0 aliphatic heterocycles. The van der Waals surface area contributed by atoms with Crippen LogP contribution in [0, 0.1) is 6.92 Å². The zero-order chi connectivity index (χ0) is 19.4. The zero-order valence-corrected chi connectivity index (χ0v) is 16.2. The van der Waals surface area contributed by atoms with Crippen molar-refractivity contribution in [3.05, 3.63) is 103 Å². The van der Waals surface area contributed by atoms with Crippen molar-refractivity contribution in [2.24, 2.45) is 0 Å². The first-order chi connectivity index (χ1) is 14.3. The first-order valence-electron chi connectivity index (χ1n) is 9.98. The fraction of sp³-hybridized carbons (Fsp3) is 0.0357. The van der Waals surface area contributed by atoms with Gasteiger partial charge in [-0.1, -0.05) is 72.8 Å². The van der Waals surface area contributed by atoms with E-state index < -0.39 is 0 Å². The van der Waals surface area contributed by atoms with E-state index in [1.807, 2.05) is 6.20 Å². The van der Waals surface area contributed by atoms with Crippen LogP contribution in [0.15, 0.2) is 97.2 Å². The Morgan fingerprint density at radius 1 is 0.517 bits per heavy atom. The highest BCUT2D eigenvalue weighted by Gasteiger charge is 2.11. The maximum Gasteiger partial charge on any atom is 0.0780 e. The van der Waals surface area contributed by atoms with E-state index in [1.165, 1.54) is 54.2 Å². The summed E-state index contributed by atoms with van der Waals surface area (Å²) in [6, 6.07) is 32.8. The van der Waals surface area contributed by atoms with Crippen LogP contribution in [0.1, 0.15) is 5.56 Å². The lowest BCUT2D eigenvalue weighted by Gasteiger charge is -2.12. The second-order valence-corrected chi connectivity index (χ2v) is 7.72. The lowest BCUT2D eigenvalue weighted by molar-refractivity contribution is 1.36. The number of benzene rings is 5. The summed E-state index contributed by atoms with van der Waals surface area (Å²) >= 11 is 0. The molecule has 0 amide bonds. The number of hydrogen-bond donors (Lipinski definition) is 0. The summed E-state index contributed by atoms with van der Waals surface area (Å²) in [6.45, 7) is 2.18. The van der Waals surface area contributed by atoms with E-state index in [0.29, 0.717) is 0 Å². The summed E-state index contributed by atoms with van der Waals surface area (Å²) in [5.74, 6) is 0. The van der Waals surface area contributed by atoms with Gasteiger partial charge in [-0.15, -0.1) is 0 Å². The molecule has 6 rings (SSSR count). The van der Waals surface area contributed by atoms with Crippen LogP contribution >= 0.6 is 0 Å². The van der Waals surface area contributed by atoms with Gasteiger partial charge in [0.15, 0.2) is 0 Å². The number of fused-ring (bicyclic) bond motifs is 6. The lowest BCUT2D eigenvalue weighted by Crippen LogP contribution is -1.89. The Bertz CT molecular complexity index is 1560.